The van der Waals surface area contributed by atoms with Gasteiger partial charge < -0.3 is 5.32 Å². The third-order valence-electron chi connectivity index (χ3n) is 3.52. The SMILES string of the molecule is CC(C)NS(=O)(=O)N1CCC(N2CCNCC2)C1. The molecule has 0 spiro atoms. The van der Waals surface area contributed by atoms with E-state index in [-0.39, 0.29) is 6.04 Å². The van der Waals surface area contributed by atoms with Crippen molar-refractivity contribution in [2.75, 3.05) is 39.3 Å². The predicted octanol–water partition coefficient (Wildman–Crippen LogP) is -0.791. The summed E-state index contributed by atoms with van der Waals surface area (Å²) in [5.74, 6) is 0. The number of hydrogen-bond acceptors (Lipinski definition) is 4. The summed E-state index contributed by atoms with van der Waals surface area (Å²) in [6.45, 7) is 9.02. The lowest BCUT2D eigenvalue weighted by Crippen LogP contribution is -2.50. The molecule has 0 bridgehead atoms. The van der Waals surface area contributed by atoms with Gasteiger partial charge in [-0.15, -0.1) is 0 Å². The first-order chi connectivity index (χ1) is 8.49. The fraction of sp³-hybridized carbons (Fsp3) is 1.00. The summed E-state index contributed by atoms with van der Waals surface area (Å²) in [6.07, 6.45) is 0.943. The maximum Gasteiger partial charge on any atom is 0.279 e. The summed E-state index contributed by atoms with van der Waals surface area (Å²) in [6, 6.07) is 0.337. The van der Waals surface area contributed by atoms with Crippen molar-refractivity contribution >= 4 is 10.2 Å². The molecule has 0 aliphatic carbocycles. The van der Waals surface area contributed by atoms with Crippen molar-refractivity contribution < 1.29 is 8.42 Å². The minimum absolute atomic E-state index is 0.0479. The molecule has 2 rings (SSSR count). The zero-order chi connectivity index (χ0) is 13.2. The number of rotatable bonds is 4. The first-order valence-corrected chi connectivity index (χ1v) is 8.15. The first kappa shape index (κ1) is 14.2. The van der Waals surface area contributed by atoms with Crippen LogP contribution in [0.4, 0.5) is 0 Å². The quantitative estimate of drug-likeness (QED) is 0.706. The van der Waals surface area contributed by atoms with Crippen molar-refractivity contribution in [1.82, 2.24) is 19.2 Å². The molecule has 0 radical (unpaired) electrons. The van der Waals surface area contributed by atoms with Crippen molar-refractivity contribution in [2.45, 2.75) is 32.4 Å². The summed E-state index contributed by atoms with van der Waals surface area (Å²) in [4.78, 5) is 2.40. The molecule has 2 fully saturated rings. The van der Waals surface area contributed by atoms with Crippen molar-refractivity contribution in [1.29, 1.82) is 0 Å². The van der Waals surface area contributed by atoms with E-state index in [2.05, 4.69) is 14.9 Å². The second kappa shape index (κ2) is 5.83. The van der Waals surface area contributed by atoms with Crippen LogP contribution in [0.1, 0.15) is 20.3 Å². The predicted molar refractivity (Wildman–Crippen MR) is 71.6 cm³/mol. The van der Waals surface area contributed by atoms with Gasteiger partial charge in [0.2, 0.25) is 0 Å². The smallest absolute Gasteiger partial charge is 0.279 e. The number of nitrogens with one attached hydrogen (secondary N) is 2. The highest BCUT2D eigenvalue weighted by atomic mass is 32.2. The largest absolute Gasteiger partial charge is 0.314 e. The zero-order valence-electron chi connectivity index (χ0n) is 11.2. The van der Waals surface area contributed by atoms with E-state index in [0.29, 0.717) is 19.1 Å². The summed E-state index contributed by atoms with van der Waals surface area (Å²) >= 11 is 0. The third-order valence-corrected chi connectivity index (χ3v) is 5.30. The summed E-state index contributed by atoms with van der Waals surface area (Å²) in [5, 5.41) is 3.32. The molecule has 2 saturated heterocycles. The molecule has 1 unspecified atom stereocenters. The molecule has 2 N–H and O–H groups in total. The van der Waals surface area contributed by atoms with Crippen molar-refractivity contribution in [3.63, 3.8) is 0 Å². The lowest BCUT2D eigenvalue weighted by molar-refractivity contribution is 0.179. The van der Waals surface area contributed by atoms with Crippen LogP contribution in [0.5, 0.6) is 0 Å². The van der Waals surface area contributed by atoms with E-state index in [1.54, 1.807) is 4.31 Å². The molecular weight excluding hydrogens is 252 g/mol. The van der Waals surface area contributed by atoms with Crippen LogP contribution in [0.15, 0.2) is 0 Å². The van der Waals surface area contributed by atoms with Crippen molar-refractivity contribution in [3.05, 3.63) is 0 Å². The Bertz CT molecular complexity index is 365. The molecule has 6 nitrogen and oxygen atoms in total. The number of hydrogen-bond donors (Lipinski definition) is 2. The van der Waals surface area contributed by atoms with E-state index in [4.69, 9.17) is 0 Å². The van der Waals surface area contributed by atoms with Gasteiger partial charge in [-0.2, -0.15) is 17.4 Å². The van der Waals surface area contributed by atoms with Crippen molar-refractivity contribution in [2.24, 2.45) is 0 Å². The van der Waals surface area contributed by atoms with Gasteiger partial charge in [-0.05, 0) is 20.3 Å². The minimum atomic E-state index is -3.29. The molecule has 2 aliphatic heterocycles. The van der Waals surface area contributed by atoms with Gasteiger partial charge in [0.15, 0.2) is 0 Å². The zero-order valence-corrected chi connectivity index (χ0v) is 12.0. The van der Waals surface area contributed by atoms with Gasteiger partial charge in [-0.25, -0.2) is 0 Å². The molecule has 1 atom stereocenters. The Labute approximate surface area is 110 Å². The molecule has 106 valence electrons. The van der Waals surface area contributed by atoms with Crippen LogP contribution >= 0.6 is 0 Å². The van der Waals surface area contributed by atoms with Gasteiger partial charge in [0, 0.05) is 51.4 Å². The van der Waals surface area contributed by atoms with Crippen LogP contribution in [0.2, 0.25) is 0 Å². The Kier molecular flexibility index (Phi) is 4.60. The van der Waals surface area contributed by atoms with E-state index < -0.39 is 10.2 Å². The maximum absolute atomic E-state index is 12.1. The molecule has 0 aromatic carbocycles. The van der Waals surface area contributed by atoms with Gasteiger partial charge in [-0.3, -0.25) is 4.90 Å². The second-order valence-corrected chi connectivity index (χ2v) is 7.07. The summed E-state index contributed by atoms with van der Waals surface area (Å²) in [7, 11) is -3.29. The summed E-state index contributed by atoms with van der Waals surface area (Å²) < 4.78 is 28.3. The third kappa shape index (κ3) is 3.42. The normalized spacial score (nSPS) is 28.1. The Balaban J connectivity index is 1.91. The standard InChI is InChI=1S/C11H24N4O2S/c1-10(2)13-18(16,17)15-6-3-11(9-15)14-7-4-12-5-8-14/h10-13H,3-9H2,1-2H3. The Morgan fingerprint density at radius 2 is 1.89 bits per heavy atom. The van der Waals surface area contributed by atoms with Gasteiger partial charge in [0.05, 0.1) is 0 Å². The molecule has 18 heavy (non-hydrogen) atoms. The van der Waals surface area contributed by atoms with Crippen LogP contribution < -0.4 is 10.0 Å². The number of piperazine rings is 1. The minimum Gasteiger partial charge on any atom is -0.314 e. The van der Waals surface area contributed by atoms with Crippen LogP contribution in [0.3, 0.4) is 0 Å². The van der Waals surface area contributed by atoms with Crippen LogP contribution in [0, 0.1) is 0 Å². The highest BCUT2D eigenvalue weighted by Crippen LogP contribution is 2.18. The Hall–Kier alpha value is -0.210. The highest BCUT2D eigenvalue weighted by Gasteiger charge is 2.34. The van der Waals surface area contributed by atoms with E-state index in [1.807, 2.05) is 13.8 Å². The fourth-order valence-corrected chi connectivity index (χ4v) is 4.11. The Morgan fingerprint density at radius 3 is 2.50 bits per heavy atom. The number of nitrogens with zero attached hydrogens (tertiary/aromatic N) is 2. The first-order valence-electron chi connectivity index (χ1n) is 6.71. The maximum atomic E-state index is 12.1. The van der Waals surface area contributed by atoms with Gasteiger partial charge in [0.25, 0.3) is 10.2 Å². The lowest BCUT2D eigenvalue weighted by Gasteiger charge is -2.32. The Morgan fingerprint density at radius 1 is 1.22 bits per heavy atom. The molecule has 7 heteroatoms. The average molecular weight is 276 g/mol. The van der Waals surface area contributed by atoms with E-state index in [1.165, 1.54) is 0 Å². The molecule has 0 saturated carbocycles. The molecule has 0 aromatic rings. The average Bonchev–Trinajstić information content (AvgIpc) is 2.78. The molecular formula is C11H24N4O2S. The van der Waals surface area contributed by atoms with Crippen LogP contribution in [0.25, 0.3) is 0 Å². The molecule has 2 heterocycles. The van der Waals surface area contributed by atoms with Crippen molar-refractivity contribution in [3.8, 4) is 0 Å². The van der Waals surface area contributed by atoms with Gasteiger partial charge in [-0.1, -0.05) is 0 Å². The van der Waals surface area contributed by atoms with E-state index in [0.717, 1.165) is 32.6 Å². The lowest BCUT2D eigenvalue weighted by atomic mass is 10.2. The highest BCUT2D eigenvalue weighted by molar-refractivity contribution is 7.87. The van der Waals surface area contributed by atoms with Gasteiger partial charge >= 0.3 is 0 Å². The van der Waals surface area contributed by atoms with Crippen LogP contribution in [-0.2, 0) is 10.2 Å². The summed E-state index contributed by atoms with van der Waals surface area (Å²) in [5.41, 5.74) is 0. The monoisotopic (exact) mass is 276 g/mol. The molecule has 0 aromatic heterocycles. The molecule has 0 amide bonds. The van der Waals surface area contributed by atoms with Crippen LogP contribution in [-0.4, -0.2) is 69.0 Å². The van der Waals surface area contributed by atoms with E-state index in [9.17, 15) is 8.42 Å². The fourth-order valence-electron chi connectivity index (χ4n) is 2.65. The van der Waals surface area contributed by atoms with Gasteiger partial charge in [0.1, 0.15) is 0 Å². The second-order valence-electron chi connectivity index (χ2n) is 5.36. The molecule has 2 aliphatic rings. The van der Waals surface area contributed by atoms with E-state index >= 15 is 0 Å². The topological polar surface area (TPSA) is 64.7 Å².